The Bertz CT molecular complexity index is 1070. The van der Waals surface area contributed by atoms with Crippen LogP contribution in [0.15, 0.2) is 59.8 Å². The van der Waals surface area contributed by atoms with Gasteiger partial charge in [-0.1, -0.05) is 55.8 Å². The molecule has 0 fully saturated rings. The molecule has 168 valence electrons. The summed E-state index contributed by atoms with van der Waals surface area (Å²) < 4.78 is 5.95. The number of ketones is 1. The summed E-state index contributed by atoms with van der Waals surface area (Å²) in [6.45, 7) is 6.76. The summed E-state index contributed by atoms with van der Waals surface area (Å²) in [6.07, 6.45) is 1.52. The van der Waals surface area contributed by atoms with Gasteiger partial charge in [0.1, 0.15) is 12.4 Å². The van der Waals surface area contributed by atoms with E-state index in [9.17, 15) is 9.59 Å². The van der Waals surface area contributed by atoms with E-state index in [0.29, 0.717) is 25.9 Å². The van der Waals surface area contributed by atoms with E-state index in [0.717, 1.165) is 28.1 Å². The third-order valence-electron chi connectivity index (χ3n) is 6.29. The molecule has 1 unspecified atom stereocenters. The van der Waals surface area contributed by atoms with Crippen LogP contribution in [0.4, 0.5) is 0 Å². The van der Waals surface area contributed by atoms with Crippen LogP contribution in [0.5, 0.6) is 5.75 Å². The van der Waals surface area contributed by atoms with Gasteiger partial charge in [0.2, 0.25) is 5.91 Å². The van der Waals surface area contributed by atoms with Crippen LogP contribution in [-0.4, -0.2) is 35.8 Å². The second kappa shape index (κ2) is 8.55. The molecule has 0 bridgehead atoms. The molecule has 1 aliphatic carbocycles. The summed E-state index contributed by atoms with van der Waals surface area (Å²) in [5.41, 5.74) is 4.82. The van der Waals surface area contributed by atoms with Crippen LogP contribution >= 0.6 is 0 Å². The highest BCUT2D eigenvalue weighted by Gasteiger charge is 2.44. The summed E-state index contributed by atoms with van der Waals surface area (Å²) in [5.74, 6) is 0.755. The minimum absolute atomic E-state index is 0.0315. The van der Waals surface area contributed by atoms with Crippen molar-refractivity contribution in [3.8, 4) is 5.75 Å². The molecule has 2 aliphatic rings. The van der Waals surface area contributed by atoms with E-state index >= 15 is 0 Å². The number of aryl methyl sites for hydroxylation is 1. The Hall–Kier alpha value is -2.92. The number of hydrogen-bond donors (Lipinski definition) is 0. The molecule has 0 spiro atoms. The zero-order valence-electron chi connectivity index (χ0n) is 19.6. The quantitative estimate of drug-likeness (QED) is 0.666. The molecular formula is C27H32N2O3. The smallest absolute Gasteiger partial charge is 0.242 e. The van der Waals surface area contributed by atoms with Gasteiger partial charge in [-0.2, -0.15) is 0 Å². The van der Waals surface area contributed by atoms with Gasteiger partial charge in [0.05, 0.1) is 0 Å². The SMILES string of the molecule is Cc1cccc(COc2ccc(C3CC(=O)N(N(C)C)C4=C3C(=O)CC(C)(C)C4)cc2)c1. The molecule has 0 saturated heterocycles. The Balaban J connectivity index is 1.60. The predicted octanol–water partition coefficient (Wildman–Crippen LogP) is 5.01. The Morgan fingerprint density at radius 1 is 1.06 bits per heavy atom. The Morgan fingerprint density at radius 3 is 2.44 bits per heavy atom. The first-order chi connectivity index (χ1) is 15.1. The Kier molecular flexibility index (Phi) is 5.95. The van der Waals surface area contributed by atoms with Gasteiger partial charge in [-0.15, -0.1) is 0 Å². The highest BCUT2D eigenvalue weighted by atomic mass is 16.5. The lowest BCUT2D eigenvalue weighted by atomic mass is 9.69. The Labute approximate surface area is 190 Å². The van der Waals surface area contributed by atoms with Crippen LogP contribution < -0.4 is 4.74 Å². The number of Topliss-reactive ketones (excluding diaryl/α,β-unsaturated/α-hetero) is 1. The molecule has 1 atom stereocenters. The summed E-state index contributed by atoms with van der Waals surface area (Å²) >= 11 is 0. The van der Waals surface area contributed by atoms with Gasteiger partial charge < -0.3 is 4.74 Å². The molecule has 1 heterocycles. The van der Waals surface area contributed by atoms with E-state index in [1.54, 1.807) is 10.0 Å². The molecule has 1 amide bonds. The first-order valence-corrected chi connectivity index (χ1v) is 11.2. The predicted molar refractivity (Wildman–Crippen MR) is 125 cm³/mol. The summed E-state index contributed by atoms with van der Waals surface area (Å²) in [4.78, 5) is 26.3. The topological polar surface area (TPSA) is 49.9 Å². The second-order valence-corrected chi connectivity index (χ2v) is 9.96. The van der Waals surface area contributed by atoms with Crippen molar-refractivity contribution in [3.63, 3.8) is 0 Å². The molecule has 0 radical (unpaired) electrons. The third kappa shape index (κ3) is 4.49. The van der Waals surface area contributed by atoms with E-state index < -0.39 is 0 Å². The summed E-state index contributed by atoms with van der Waals surface area (Å²) in [5, 5.41) is 3.49. The highest BCUT2D eigenvalue weighted by molar-refractivity contribution is 6.01. The van der Waals surface area contributed by atoms with E-state index in [1.807, 2.05) is 44.4 Å². The minimum atomic E-state index is -0.205. The zero-order valence-corrected chi connectivity index (χ0v) is 19.6. The number of benzene rings is 2. The van der Waals surface area contributed by atoms with E-state index in [1.165, 1.54) is 5.56 Å². The fraction of sp³-hybridized carbons (Fsp3) is 0.407. The average Bonchev–Trinajstić information content (AvgIpc) is 2.70. The van der Waals surface area contributed by atoms with Crippen LogP contribution in [0.1, 0.15) is 55.7 Å². The lowest BCUT2D eigenvalue weighted by Crippen LogP contribution is -2.49. The largest absolute Gasteiger partial charge is 0.489 e. The summed E-state index contributed by atoms with van der Waals surface area (Å²) in [6, 6.07) is 16.1. The Morgan fingerprint density at radius 2 is 1.78 bits per heavy atom. The molecule has 2 aromatic rings. The van der Waals surface area contributed by atoms with Gasteiger partial charge in [-0.25, -0.2) is 10.0 Å². The van der Waals surface area contributed by atoms with Crippen molar-refractivity contribution in [1.29, 1.82) is 0 Å². The molecule has 0 aromatic heterocycles. The lowest BCUT2D eigenvalue weighted by Gasteiger charge is -2.44. The molecule has 1 aliphatic heterocycles. The molecular weight excluding hydrogens is 400 g/mol. The lowest BCUT2D eigenvalue weighted by molar-refractivity contribution is -0.143. The molecule has 5 nitrogen and oxygen atoms in total. The van der Waals surface area contributed by atoms with Crippen LogP contribution in [0.25, 0.3) is 0 Å². The number of carbonyl (C=O) groups is 2. The molecule has 2 aromatic carbocycles. The minimum Gasteiger partial charge on any atom is -0.489 e. The number of amides is 1. The van der Waals surface area contributed by atoms with Crippen molar-refractivity contribution in [1.82, 2.24) is 10.0 Å². The average molecular weight is 433 g/mol. The van der Waals surface area contributed by atoms with Crippen molar-refractivity contribution < 1.29 is 14.3 Å². The number of rotatable bonds is 5. The van der Waals surface area contributed by atoms with Gasteiger partial charge in [-0.05, 0) is 42.0 Å². The molecule has 32 heavy (non-hydrogen) atoms. The first kappa shape index (κ1) is 22.3. The standard InChI is InChI=1S/C27H32N2O3/c1-18-7-6-8-19(13-18)17-32-21-11-9-20(10-12-21)22-14-25(31)29(28(4)5)23-15-27(2,3)16-24(30)26(22)23/h6-13,22H,14-17H2,1-5H3. The van der Waals surface area contributed by atoms with Gasteiger partial charge in [0.25, 0.3) is 0 Å². The third-order valence-corrected chi connectivity index (χ3v) is 6.29. The fourth-order valence-corrected chi connectivity index (χ4v) is 4.91. The maximum Gasteiger partial charge on any atom is 0.242 e. The monoisotopic (exact) mass is 432 g/mol. The normalized spacial score (nSPS) is 20.6. The van der Waals surface area contributed by atoms with Crippen LogP contribution in [0.3, 0.4) is 0 Å². The molecule has 0 N–H and O–H groups in total. The number of hydrogen-bond acceptors (Lipinski definition) is 4. The molecule has 5 heteroatoms. The van der Waals surface area contributed by atoms with Crippen LogP contribution in [0, 0.1) is 12.3 Å². The van der Waals surface area contributed by atoms with Crippen LogP contribution in [0.2, 0.25) is 0 Å². The second-order valence-electron chi connectivity index (χ2n) is 9.96. The van der Waals surface area contributed by atoms with E-state index in [2.05, 4.69) is 39.0 Å². The molecule has 4 rings (SSSR count). The summed E-state index contributed by atoms with van der Waals surface area (Å²) in [7, 11) is 3.71. The van der Waals surface area contributed by atoms with Crippen molar-refractivity contribution in [2.24, 2.45) is 5.41 Å². The number of nitrogens with zero attached hydrogens (tertiary/aromatic N) is 2. The fourth-order valence-electron chi connectivity index (χ4n) is 4.91. The zero-order chi connectivity index (χ0) is 23.0. The van der Waals surface area contributed by atoms with Crippen molar-refractivity contribution in [2.45, 2.75) is 52.6 Å². The van der Waals surface area contributed by atoms with Gasteiger partial charge in [0, 0.05) is 44.1 Å². The van der Waals surface area contributed by atoms with Gasteiger partial charge in [-0.3, -0.25) is 9.59 Å². The number of allylic oxidation sites excluding steroid dienone is 2. The number of carbonyl (C=O) groups excluding carboxylic acids is 2. The van der Waals surface area contributed by atoms with Gasteiger partial charge >= 0.3 is 0 Å². The van der Waals surface area contributed by atoms with E-state index in [4.69, 9.17) is 4.74 Å². The maximum atomic E-state index is 13.2. The van der Waals surface area contributed by atoms with Gasteiger partial charge in [0.15, 0.2) is 5.78 Å². The number of ether oxygens (including phenoxy) is 1. The highest BCUT2D eigenvalue weighted by Crippen LogP contribution is 2.47. The van der Waals surface area contributed by atoms with Crippen molar-refractivity contribution >= 4 is 11.7 Å². The maximum absolute atomic E-state index is 13.2. The van der Waals surface area contributed by atoms with E-state index in [-0.39, 0.29) is 23.0 Å². The van der Waals surface area contributed by atoms with Crippen molar-refractivity contribution in [3.05, 3.63) is 76.5 Å². The number of hydrazine groups is 1. The van der Waals surface area contributed by atoms with Crippen LogP contribution in [-0.2, 0) is 16.2 Å². The first-order valence-electron chi connectivity index (χ1n) is 11.2. The van der Waals surface area contributed by atoms with Crippen molar-refractivity contribution in [2.75, 3.05) is 14.1 Å². The molecule has 0 saturated carbocycles.